The summed E-state index contributed by atoms with van der Waals surface area (Å²) in [6.45, 7) is 4.61. The van der Waals surface area contributed by atoms with E-state index in [0.717, 1.165) is 22.4 Å². The Kier molecular flexibility index (Phi) is 6.44. The molecule has 0 saturated carbocycles. The van der Waals surface area contributed by atoms with E-state index in [-0.39, 0.29) is 12.1 Å². The molecule has 1 aliphatic heterocycles. The summed E-state index contributed by atoms with van der Waals surface area (Å²) in [5.74, 6) is -0.376. The third-order valence-electron chi connectivity index (χ3n) is 4.70. The van der Waals surface area contributed by atoms with E-state index >= 15 is 0 Å². The zero-order valence-electron chi connectivity index (χ0n) is 16.4. The minimum Gasteiger partial charge on any atom is -0.465 e. The van der Waals surface area contributed by atoms with Crippen LogP contribution in [0.5, 0.6) is 0 Å². The second kappa shape index (κ2) is 8.99. The summed E-state index contributed by atoms with van der Waals surface area (Å²) in [7, 11) is 1.36. The van der Waals surface area contributed by atoms with Crippen molar-refractivity contribution in [1.82, 2.24) is 5.32 Å². The van der Waals surface area contributed by atoms with Crippen molar-refractivity contribution >= 4 is 11.7 Å². The van der Waals surface area contributed by atoms with Crippen LogP contribution in [0, 0.1) is 0 Å². The molecule has 0 aliphatic carbocycles. The predicted octanol–water partition coefficient (Wildman–Crippen LogP) is 3.37. The number of aliphatic hydroxyl groups excluding tert-OH is 1. The van der Waals surface area contributed by atoms with Gasteiger partial charge >= 0.3 is 5.97 Å². The van der Waals surface area contributed by atoms with Gasteiger partial charge in [-0.2, -0.15) is 0 Å². The zero-order valence-corrected chi connectivity index (χ0v) is 16.4. The highest BCUT2D eigenvalue weighted by Crippen LogP contribution is 2.30. The fraction of sp³-hybridized carbons (Fsp3) is 0.364. The fourth-order valence-electron chi connectivity index (χ4n) is 3.07. The molecule has 6 nitrogen and oxygen atoms in total. The number of aliphatic hydroxyl groups is 1. The monoisotopic (exact) mass is 382 g/mol. The standard InChI is InChI=1S/C22H26N2O4/c1-14(2)23-13-20(25)15-7-9-16(10-8-15)21-12-19(24-28-21)17-5-4-6-18(11-17)22(26)27-3/h4-11,14,20-21,23,25H,12-13H2,1-3H3. The molecule has 0 fully saturated rings. The molecule has 28 heavy (non-hydrogen) atoms. The molecular formula is C22H26N2O4. The van der Waals surface area contributed by atoms with Crippen molar-refractivity contribution in [1.29, 1.82) is 0 Å². The van der Waals surface area contributed by atoms with Crippen LogP contribution in [0.1, 0.15) is 59.5 Å². The number of methoxy groups -OCH3 is 1. The van der Waals surface area contributed by atoms with E-state index in [1.165, 1.54) is 7.11 Å². The Morgan fingerprint density at radius 2 is 2.04 bits per heavy atom. The maximum Gasteiger partial charge on any atom is 0.337 e. The normalized spacial score (nSPS) is 17.2. The molecule has 2 unspecified atom stereocenters. The van der Waals surface area contributed by atoms with E-state index in [2.05, 4.69) is 10.5 Å². The molecule has 2 aromatic carbocycles. The van der Waals surface area contributed by atoms with Crippen molar-refractivity contribution in [3.05, 3.63) is 70.8 Å². The van der Waals surface area contributed by atoms with Gasteiger partial charge in [-0.3, -0.25) is 0 Å². The number of carbonyl (C=O) groups excluding carboxylic acids is 1. The van der Waals surface area contributed by atoms with Crippen molar-refractivity contribution in [3.63, 3.8) is 0 Å². The number of rotatable bonds is 7. The van der Waals surface area contributed by atoms with Gasteiger partial charge in [-0.1, -0.05) is 55.4 Å². The van der Waals surface area contributed by atoms with Gasteiger partial charge in [0, 0.05) is 24.6 Å². The van der Waals surface area contributed by atoms with Crippen molar-refractivity contribution in [2.45, 2.75) is 38.5 Å². The van der Waals surface area contributed by atoms with Gasteiger partial charge in [-0.05, 0) is 23.3 Å². The van der Waals surface area contributed by atoms with Crippen molar-refractivity contribution in [2.75, 3.05) is 13.7 Å². The lowest BCUT2D eigenvalue weighted by Crippen LogP contribution is -2.27. The first-order valence-electron chi connectivity index (χ1n) is 9.40. The van der Waals surface area contributed by atoms with Gasteiger partial charge in [0.1, 0.15) is 0 Å². The number of hydrogen-bond donors (Lipinski definition) is 2. The van der Waals surface area contributed by atoms with Crippen molar-refractivity contribution in [2.24, 2.45) is 5.16 Å². The van der Waals surface area contributed by atoms with Crippen molar-refractivity contribution < 1.29 is 19.5 Å². The molecule has 148 valence electrons. The van der Waals surface area contributed by atoms with Gasteiger partial charge in [-0.25, -0.2) is 4.79 Å². The van der Waals surface area contributed by atoms with Crippen LogP contribution in [0.25, 0.3) is 0 Å². The van der Waals surface area contributed by atoms with Gasteiger partial charge in [0.25, 0.3) is 0 Å². The third kappa shape index (κ3) is 4.77. The average molecular weight is 382 g/mol. The minimum absolute atomic E-state index is 0.184. The second-order valence-corrected chi connectivity index (χ2v) is 7.15. The quantitative estimate of drug-likeness (QED) is 0.718. The number of benzene rings is 2. The number of nitrogens with one attached hydrogen (secondary N) is 1. The Labute approximate surface area is 165 Å². The molecule has 3 rings (SSSR count). The smallest absolute Gasteiger partial charge is 0.337 e. The van der Waals surface area contributed by atoms with Crippen LogP contribution >= 0.6 is 0 Å². The number of esters is 1. The number of nitrogens with zero attached hydrogens (tertiary/aromatic N) is 1. The summed E-state index contributed by atoms with van der Waals surface area (Å²) in [5, 5.41) is 17.7. The molecular weight excluding hydrogens is 356 g/mol. The molecule has 6 heteroatoms. The van der Waals surface area contributed by atoms with Crippen LogP contribution in [0.3, 0.4) is 0 Å². The topological polar surface area (TPSA) is 80.2 Å². The molecule has 0 spiro atoms. The first-order valence-corrected chi connectivity index (χ1v) is 9.40. The molecule has 0 bridgehead atoms. The summed E-state index contributed by atoms with van der Waals surface area (Å²) in [6.07, 6.45) is -0.118. The number of hydrogen-bond acceptors (Lipinski definition) is 6. The summed E-state index contributed by atoms with van der Waals surface area (Å²) >= 11 is 0. The first kappa shape index (κ1) is 20.0. The van der Waals surface area contributed by atoms with E-state index in [9.17, 15) is 9.90 Å². The Hall–Kier alpha value is -2.70. The molecule has 0 saturated heterocycles. The minimum atomic E-state index is -0.547. The Morgan fingerprint density at radius 1 is 1.29 bits per heavy atom. The van der Waals surface area contributed by atoms with E-state index in [0.29, 0.717) is 24.6 Å². The highest BCUT2D eigenvalue weighted by atomic mass is 16.6. The first-order chi connectivity index (χ1) is 13.5. The van der Waals surface area contributed by atoms with E-state index < -0.39 is 6.10 Å². The van der Waals surface area contributed by atoms with Gasteiger partial charge in [0.05, 0.1) is 24.5 Å². The van der Waals surface area contributed by atoms with E-state index in [4.69, 9.17) is 9.57 Å². The van der Waals surface area contributed by atoms with Crippen LogP contribution < -0.4 is 5.32 Å². The molecule has 2 aromatic rings. The van der Waals surface area contributed by atoms with Gasteiger partial charge < -0.3 is 20.0 Å². The largest absolute Gasteiger partial charge is 0.465 e. The Bertz CT molecular complexity index is 846. The molecule has 0 radical (unpaired) electrons. The summed E-state index contributed by atoms with van der Waals surface area (Å²) in [6, 6.07) is 15.3. The Balaban J connectivity index is 1.64. The predicted molar refractivity (Wildman–Crippen MR) is 107 cm³/mol. The van der Waals surface area contributed by atoms with Crippen molar-refractivity contribution in [3.8, 4) is 0 Å². The maximum atomic E-state index is 11.7. The summed E-state index contributed by atoms with van der Waals surface area (Å²) in [5.41, 5.74) is 3.98. The lowest BCUT2D eigenvalue weighted by molar-refractivity contribution is 0.0600. The number of carbonyl (C=O) groups is 1. The summed E-state index contributed by atoms with van der Waals surface area (Å²) < 4.78 is 4.77. The molecule has 0 amide bonds. The van der Waals surface area contributed by atoms with Crippen LogP contribution in [0.2, 0.25) is 0 Å². The van der Waals surface area contributed by atoms with Crippen LogP contribution in [-0.2, 0) is 9.57 Å². The maximum absolute atomic E-state index is 11.7. The lowest BCUT2D eigenvalue weighted by atomic mass is 9.97. The number of ether oxygens (including phenoxy) is 1. The van der Waals surface area contributed by atoms with Gasteiger partial charge in [-0.15, -0.1) is 0 Å². The Morgan fingerprint density at radius 3 is 2.71 bits per heavy atom. The molecule has 2 N–H and O–H groups in total. The SMILES string of the molecule is COC(=O)c1cccc(C2=NOC(c3ccc(C(O)CNC(C)C)cc3)C2)c1. The third-order valence-corrected chi connectivity index (χ3v) is 4.70. The average Bonchev–Trinajstić information content (AvgIpc) is 3.22. The molecule has 2 atom stereocenters. The second-order valence-electron chi connectivity index (χ2n) is 7.15. The molecule has 0 aromatic heterocycles. The molecule has 1 aliphatic rings. The summed E-state index contributed by atoms with van der Waals surface area (Å²) in [4.78, 5) is 17.3. The fourth-order valence-corrected chi connectivity index (χ4v) is 3.07. The van der Waals surface area contributed by atoms with Crippen LogP contribution in [0.4, 0.5) is 0 Å². The zero-order chi connectivity index (χ0) is 20.1. The van der Waals surface area contributed by atoms with Gasteiger partial charge in [0.2, 0.25) is 0 Å². The highest BCUT2D eigenvalue weighted by Gasteiger charge is 2.24. The van der Waals surface area contributed by atoms with E-state index in [1.54, 1.807) is 18.2 Å². The lowest BCUT2D eigenvalue weighted by Gasteiger charge is -2.15. The number of oxime groups is 1. The van der Waals surface area contributed by atoms with E-state index in [1.807, 2.05) is 44.2 Å². The van der Waals surface area contributed by atoms with Crippen LogP contribution in [0.15, 0.2) is 53.7 Å². The molecule has 1 heterocycles. The van der Waals surface area contributed by atoms with Gasteiger partial charge in [0.15, 0.2) is 6.10 Å². The highest BCUT2D eigenvalue weighted by molar-refractivity contribution is 6.03. The van der Waals surface area contributed by atoms with Crippen LogP contribution in [-0.4, -0.2) is 36.5 Å².